The summed E-state index contributed by atoms with van der Waals surface area (Å²) in [6, 6.07) is 0. The van der Waals surface area contributed by atoms with Crippen LogP contribution in [-0.4, -0.2) is 5.78 Å². The van der Waals surface area contributed by atoms with E-state index in [2.05, 4.69) is 34.6 Å². The van der Waals surface area contributed by atoms with E-state index in [1.54, 1.807) is 6.92 Å². The number of carbonyl (C=O) groups excluding carboxylic acids is 1. The molecule has 1 aliphatic rings. The summed E-state index contributed by atoms with van der Waals surface area (Å²) in [5, 5.41) is 0. The predicted molar refractivity (Wildman–Crippen MR) is 78.6 cm³/mol. The van der Waals surface area contributed by atoms with Crippen LogP contribution in [0.25, 0.3) is 0 Å². The van der Waals surface area contributed by atoms with Gasteiger partial charge in [-0.2, -0.15) is 0 Å². The van der Waals surface area contributed by atoms with Crippen LogP contribution < -0.4 is 0 Å². The Morgan fingerprint density at radius 1 is 1.06 bits per heavy atom. The van der Waals surface area contributed by atoms with Crippen molar-refractivity contribution in [3.63, 3.8) is 0 Å². The molecule has 1 rings (SSSR count). The molecular weight excluding hydrogens is 220 g/mol. The van der Waals surface area contributed by atoms with Crippen molar-refractivity contribution in [1.29, 1.82) is 0 Å². The van der Waals surface area contributed by atoms with E-state index in [-0.39, 0.29) is 5.41 Å². The van der Waals surface area contributed by atoms with E-state index >= 15 is 0 Å². The molecule has 0 aromatic carbocycles. The van der Waals surface area contributed by atoms with Gasteiger partial charge in [0, 0.05) is 5.41 Å². The highest BCUT2D eigenvalue weighted by atomic mass is 16.1. The molecule has 3 unspecified atom stereocenters. The average molecular weight is 252 g/mol. The molecule has 0 heterocycles. The summed E-state index contributed by atoms with van der Waals surface area (Å²) in [5.41, 5.74) is 0.288. The molecule has 0 radical (unpaired) electrons. The van der Waals surface area contributed by atoms with E-state index in [0.29, 0.717) is 17.1 Å². The van der Waals surface area contributed by atoms with Crippen LogP contribution in [0.5, 0.6) is 0 Å². The van der Waals surface area contributed by atoms with Crippen molar-refractivity contribution in [2.45, 2.75) is 80.1 Å². The third-order valence-electron chi connectivity index (χ3n) is 5.52. The smallest absolute Gasteiger partial charge is 0.135 e. The SMILES string of the molecule is CC(=O)C1(C)CCC(C)(C)CCCC(C)CC1C. The fraction of sp³-hybridized carbons (Fsp3) is 0.941. The van der Waals surface area contributed by atoms with Crippen LogP contribution in [0.4, 0.5) is 0 Å². The molecule has 0 amide bonds. The Labute approximate surface area is 114 Å². The van der Waals surface area contributed by atoms with Crippen LogP contribution in [0.15, 0.2) is 0 Å². The van der Waals surface area contributed by atoms with Gasteiger partial charge < -0.3 is 0 Å². The molecule has 0 aromatic heterocycles. The molecule has 1 aliphatic carbocycles. The number of ketones is 1. The second-order valence-corrected chi connectivity index (χ2v) is 7.77. The van der Waals surface area contributed by atoms with Crippen molar-refractivity contribution in [1.82, 2.24) is 0 Å². The number of hydrogen-bond donors (Lipinski definition) is 0. The first-order valence-electron chi connectivity index (χ1n) is 7.68. The summed E-state index contributed by atoms with van der Waals surface area (Å²) in [5.74, 6) is 1.66. The minimum absolute atomic E-state index is 0.108. The molecule has 18 heavy (non-hydrogen) atoms. The molecule has 1 fully saturated rings. The molecule has 0 saturated heterocycles. The minimum Gasteiger partial charge on any atom is -0.299 e. The fourth-order valence-corrected chi connectivity index (χ4v) is 3.40. The third-order valence-corrected chi connectivity index (χ3v) is 5.52. The number of Topliss-reactive ketones (excluding diaryl/α,β-unsaturated/α-hetero) is 1. The first-order valence-corrected chi connectivity index (χ1v) is 7.68. The van der Waals surface area contributed by atoms with Gasteiger partial charge >= 0.3 is 0 Å². The molecule has 1 nitrogen and oxygen atoms in total. The second-order valence-electron chi connectivity index (χ2n) is 7.77. The summed E-state index contributed by atoms with van der Waals surface area (Å²) >= 11 is 0. The first-order chi connectivity index (χ1) is 8.17. The van der Waals surface area contributed by atoms with Crippen molar-refractivity contribution in [3.8, 4) is 0 Å². The van der Waals surface area contributed by atoms with Crippen LogP contribution in [-0.2, 0) is 4.79 Å². The highest BCUT2D eigenvalue weighted by Gasteiger charge is 2.38. The quantitative estimate of drug-likeness (QED) is 0.624. The average Bonchev–Trinajstić information content (AvgIpc) is 2.24. The van der Waals surface area contributed by atoms with Crippen molar-refractivity contribution in [2.24, 2.45) is 22.7 Å². The van der Waals surface area contributed by atoms with E-state index in [4.69, 9.17) is 0 Å². The van der Waals surface area contributed by atoms with Gasteiger partial charge in [-0.05, 0) is 49.9 Å². The molecule has 0 bridgehead atoms. The second kappa shape index (κ2) is 5.75. The van der Waals surface area contributed by atoms with Crippen LogP contribution in [0.2, 0.25) is 0 Å². The highest BCUT2D eigenvalue weighted by Crippen LogP contribution is 2.43. The summed E-state index contributed by atoms with van der Waals surface area (Å²) < 4.78 is 0. The lowest BCUT2D eigenvalue weighted by atomic mass is 9.65. The molecule has 106 valence electrons. The first kappa shape index (κ1) is 15.7. The fourth-order valence-electron chi connectivity index (χ4n) is 3.40. The Balaban J connectivity index is 2.90. The van der Waals surface area contributed by atoms with Gasteiger partial charge in [0.25, 0.3) is 0 Å². The maximum atomic E-state index is 12.1. The summed E-state index contributed by atoms with van der Waals surface area (Å²) in [7, 11) is 0. The molecule has 1 saturated carbocycles. The lowest BCUT2D eigenvalue weighted by molar-refractivity contribution is -0.129. The van der Waals surface area contributed by atoms with Gasteiger partial charge in [0.05, 0.1) is 0 Å². The molecule has 1 heteroatoms. The summed E-state index contributed by atoms with van der Waals surface area (Å²) in [6.45, 7) is 13.4. The van der Waals surface area contributed by atoms with Crippen LogP contribution in [0, 0.1) is 22.7 Å². The van der Waals surface area contributed by atoms with Crippen molar-refractivity contribution < 1.29 is 4.79 Å². The topological polar surface area (TPSA) is 17.1 Å². The molecule has 0 aromatic rings. The van der Waals surface area contributed by atoms with Gasteiger partial charge in [-0.25, -0.2) is 0 Å². The monoisotopic (exact) mass is 252 g/mol. The molecule has 0 N–H and O–H groups in total. The van der Waals surface area contributed by atoms with E-state index in [1.807, 2.05) is 0 Å². The Kier molecular flexibility index (Phi) is 5.03. The van der Waals surface area contributed by atoms with Gasteiger partial charge in [0.15, 0.2) is 0 Å². The molecule has 0 spiro atoms. The van der Waals surface area contributed by atoms with Crippen molar-refractivity contribution in [2.75, 3.05) is 0 Å². The maximum Gasteiger partial charge on any atom is 0.135 e. The summed E-state index contributed by atoms with van der Waals surface area (Å²) in [6.07, 6.45) is 7.42. The number of carbonyl (C=O) groups is 1. The normalized spacial score (nSPS) is 38.1. The van der Waals surface area contributed by atoms with Crippen molar-refractivity contribution in [3.05, 3.63) is 0 Å². The van der Waals surface area contributed by atoms with Gasteiger partial charge in [-0.15, -0.1) is 0 Å². The maximum absolute atomic E-state index is 12.1. The highest BCUT2D eigenvalue weighted by molar-refractivity contribution is 5.82. The van der Waals surface area contributed by atoms with Crippen LogP contribution in [0.1, 0.15) is 80.1 Å². The Hall–Kier alpha value is -0.330. The van der Waals surface area contributed by atoms with Crippen LogP contribution >= 0.6 is 0 Å². The molecule has 0 aliphatic heterocycles. The predicted octanol–water partition coefficient (Wildman–Crippen LogP) is 5.23. The van der Waals surface area contributed by atoms with E-state index in [9.17, 15) is 4.79 Å². The van der Waals surface area contributed by atoms with Crippen LogP contribution in [0.3, 0.4) is 0 Å². The third kappa shape index (κ3) is 3.83. The minimum atomic E-state index is -0.108. The molecule has 3 atom stereocenters. The van der Waals surface area contributed by atoms with E-state index in [1.165, 1.54) is 32.1 Å². The Morgan fingerprint density at radius 2 is 1.67 bits per heavy atom. The zero-order valence-electron chi connectivity index (χ0n) is 13.3. The Bertz CT molecular complexity index is 292. The number of hydrogen-bond acceptors (Lipinski definition) is 1. The van der Waals surface area contributed by atoms with Gasteiger partial charge in [-0.1, -0.05) is 47.5 Å². The van der Waals surface area contributed by atoms with Gasteiger partial charge in [-0.3, -0.25) is 4.79 Å². The lowest BCUT2D eigenvalue weighted by Gasteiger charge is -2.39. The standard InChI is InChI=1S/C17H32O/c1-13-8-7-9-16(4,5)10-11-17(6,15(3)18)14(2)12-13/h13-14H,7-12H2,1-6H3. The number of rotatable bonds is 1. The zero-order valence-corrected chi connectivity index (χ0v) is 13.3. The Morgan fingerprint density at radius 3 is 2.22 bits per heavy atom. The zero-order chi connectivity index (χ0) is 14.0. The van der Waals surface area contributed by atoms with Crippen molar-refractivity contribution >= 4 is 5.78 Å². The lowest BCUT2D eigenvalue weighted by Crippen LogP contribution is -2.36. The van der Waals surface area contributed by atoms with Gasteiger partial charge in [0.2, 0.25) is 0 Å². The van der Waals surface area contributed by atoms with E-state index in [0.717, 1.165) is 12.3 Å². The largest absolute Gasteiger partial charge is 0.299 e. The summed E-state index contributed by atoms with van der Waals surface area (Å²) in [4.78, 5) is 12.1. The van der Waals surface area contributed by atoms with Gasteiger partial charge in [0.1, 0.15) is 5.78 Å². The molecular formula is C17H32O. The van der Waals surface area contributed by atoms with E-state index < -0.39 is 0 Å².